The van der Waals surface area contributed by atoms with Gasteiger partial charge in [-0.3, -0.25) is 4.98 Å². The molecule has 0 atom stereocenters. The molecule has 0 aromatic carbocycles. The van der Waals surface area contributed by atoms with Gasteiger partial charge in [-0.15, -0.1) is 0 Å². The van der Waals surface area contributed by atoms with Crippen LogP contribution in [0.15, 0.2) is 18.2 Å². The van der Waals surface area contributed by atoms with E-state index in [1.54, 1.807) is 0 Å². The fraction of sp³-hybridized carbons (Fsp3) is 0.667. The zero-order valence-electron chi connectivity index (χ0n) is 12.0. The van der Waals surface area contributed by atoms with E-state index < -0.39 is 0 Å². The maximum absolute atomic E-state index is 4.60. The molecule has 0 unspecified atom stereocenters. The molecule has 0 aliphatic rings. The van der Waals surface area contributed by atoms with Crippen molar-refractivity contribution in [1.29, 1.82) is 0 Å². The molecular weight excluding hydrogens is 194 g/mol. The van der Waals surface area contributed by atoms with Crippen molar-refractivity contribution in [1.82, 2.24) is 4.98 Å². The van der Waals surface area contributed by atoms with E-state index in [2.05, 4.69) is 57.8 Å². The Labute approximate surface area is 101 Å². The molecule has 16 heavy (non-hydrogen) atoms. The van der Waals surface area contributed by atoms with Gasteiger partial charge in [0.25, 0.3) is 0 Å². The second kappa shape index (κ2) is 6.67. The van der Waals surface area contributed by atoms with E-state index in [9.17, 15) is 0 Å². The zero-order valence-corrected chi connectivity index (χ0v) is 12.0. The van der Waals surface area contributed by atoms with Gasteiger partial charge in [0.2, 0.25) is 0 Å². The van der Waals surface area contributed by atoms with Gasteiger partial charge in [0, 0.05) is 16.8 Å². The van der Waals surface area contributed by atoms with Crippen LogP contribution < -0.4 is 0 Å². The van der Waals surface area contributed by atoms with Gasteiger partial charge in [-0.05, 0) is 31.4 Å². The second-order valence-electron chi connectivity index (χ2n) is 5.15. The Kier molecular flexibility index (Phi) is 6.32. The van der Waals surface area contributed by atoms with Crippen LogP contribution in [0.1, 0.15) is 59.4 Å². The molecule has 1 heterocycles. The third-order valence-electron chi connectivity index (χ3n) is 2.50. The molecule has 1 aromatic heterocycles. The van der Waals surface area contributed by atoms with E-state index in [-0.39, 0.29) is 5.41 Å². The van der Waals surface area contributed by atoms with Gasteiger partial charge in [-0.25, -0.2) is 0 Å². The average molecular weight is 221 g/mol. The van der Waals surface area contributed by atoms with Crippen LogP contribution in [0.4, 0.5) is 0 Å². The molecule has 0 aliphatic carbocycles. The Morgan fingerprint density at radius 1 is 1.19 bits per heavy atom. The van der Waals surface area contributed by atoms with Crippen LogP contribution in [0.2, 0.25) is 0 Å². The highest BCUT2D eigenvalue weighted by molar-refractivity contribution is 5.17. The van der Waals surface area contributed by atoms with Crippen molar-refractivity contribution in [3.05, 3.63) is 29.6 Å². The minimum atomic E-state index is 0.195. The van der Waals surface area contributed by atoms with Crippen molar-refractivity contribution in [2.24, 2.45) is 5.92 Å². The van der Waals surface area contributed by atoms with Crippen LogP contribution in [0, 0.1) is 12.8 Å². The van der Waals surface area contributed by atoms with Gasteiger partial charge in [-0.1, -0.05) is 47.6 Å². The predicted octanol–water partition coefficient (Wildman–Crippen LogP) is 4.74. The Hall–Kier alpha value is -0.850. The van der Waals surface area contributed by atoms with Crippen molar-refractivity contribution in [3.8, 4) is 0 Å². The largest absolute Gasteiger partial charge is 0.258 e. The molecule has 0 bridgehead atoms. The van der Waals surface area contributed by atoms with Crippen LogP contribution in [0.25, 0.3) is 0 Å². The molecule has 1 nitrogen and oxygen atoms in total. The SMILES string of the molecule is CC.Cc1cccc(C(C)(C)CC(C)C)n1. The van der Waals surface area contributed by atoms with Gasteiger partial charge in [0.05, 0.1) is 0 Å². The minimum Gasteiger partial charge on any atom is -0.258 e. The maximum Gasteiger partial charge on any atom is 0.0463 e. The first-order valence-electron chi connectivity index (χ1n) is 6.36. The lowest BCUT2D eigenvalue weighted by molar-refractivity contribution is 0.390. The second-order valence-corrected chi connectivity index (χ2v) is 5.15. The first-order valence-corrected chi connectivity index (χ1v) is 6.36. The topological polar surface area (TPSA) is 12.9 Å². The van der Waals surface area contributed by atoms with Gasteiger partial charge in [-0.2, -0.15) is 0 Å². The van der Waals surface area contributed by atoms with E-state index in [0.29, 0.717) is 5.92 Å². The van der Waals surface area contributed by atoms with E-state index in [0.717, 1.165) is 5.69 Å². The van der Waals surface area contributed by atoms with E-state index in [4.69, 9.17) is 0 Å². The van der Waals surface area contributed by atoms with Gasteiger partial charge < -0.3 is 0 Å². The zero-order chi connectivity index (χ0) is 12.8. The molecule has 1 aromatic rings. The molecule has 1 heteroatoms. The van der Waals surface area contributed by atoms with Crippen molar-refractivity contribution < 1.29 is 0 Å². The number of hydrogen-bond acceptors (Lipinski definition) is 1. The Bertz CT molecular complexity index is 300. The lowest BCUT2D eigenvalue weighted by Gasteiger charge is -2.26. The number of rotatable bonds is 3. The van der Waals surface area contributed by atoms with E-state index in [1.165, 1.54) is 12.1 Å². The molecule has 0 spiro atoms. The Balaban J connectivity index is 0.00000106. The standard InChI is InChI=1S/C13H21N.C2H6/c1-10(2)9-13(4,5)12-8-6-7-11(3)14-12;1-2/h6-8,10H,9H2,1-5H3;1-2H3. The molecular formula is C15H27N. The van der Waals surface area contributed by atoms with E-state index in [1.807, 2.05) is 13.8 Å². The Morgan fingerprint density at radius 3 is 2.19 bits per heavy atom. The lowest BCUT2D eigenvalue weighted by atomic mass is 9.81. The molecule has 0 radical (unpaired) electrons. The first-order chi connectivity index (χ1) is 7.42. The van der Waals surface area contributed by atoms with Crippen molar-refractivity contribution in [3.63, 3.8) is 0 Å². The van der Waals surface area contributed by atoms with Gasteiger partial charge in [0.15, 0.2) is 0 Å². The molecule has 92 valence electrons. The number of aromatic nitrogens is 1. The summed E-state index contributed by atoms with van der Waals surface area (Å²) in [4.78, 5) is 4.60. The van der Waals surface area contributed by atoms with Crippen LogP contribution in [0.5, 0.6) is 0 Å². The summed E-state index contributed by atoms with van der Waals surface area (Å²) >= 11 is 0. The third-order valence-corrected chi connectivity index (χ3v) is 2.50. The molecule has 0 saturated heterocycles. The summed E-state index contributed by atoms with van der Waals surface area (Å²) in [5.41, 5.74) is 2.52. The summed E-state index contributed by atoms with van der Waals surface area (Å²) in [6, 6.07) is 6.28. The molecule has 1 rings (SSSR count). The van der Waals surface area contributed by atoms with Gasteiger partial charge >= 0.3 is 0 Å². The van der Waals surface area contributed by atoms with Crippen LogP contribution in [-0.2, 0) is 5.41 Å². The lowest BCUT2D eigenvalue weighted by Crippen LogP contribution is -2.21. The summed E-state index contributed by atoms with van der Waals surface area (Å²) in [5.74, 6) is 0.715. The summed E-state index contributed by atoms with van der Waals surface area (Å²) in [6.45, 7) is 15.1. The van der Waals surface area contributed by atoms with E-state index >= 15 is 0 Å². The molecule has 0 saturated carbocycles. The first kappa shape index (κ1) is 15.2. The van der Waals surface area contributed by atoms with Crippen molar-refractivity contribution in [2.45, 2.75) is 60.3 Å². The number of hydrogen-bond donors (Lipinski definition) is 0. The number of pyridine rings is 1. The minimum absolute atomic E-state index is 0.195. The normalized spacial score (nSPS) is 11.0. The quantitative estimate of drug-likeness (QED) is 0.718. The van der Waals surface area contributed by atoms with Crippen molar-refractivity contribution in [2.75, 3.05) is 0 Å². The Morgan fingerprint density at radius 2 is 1.75 bits per heavy atom. The summed E-state index contributed by atoms with van der Waals surface area (Å²) in [7, 11) is 0. The molecule has 0 aliphatic heterocycles. The molecule has 0 fully saturated rings. The number of aryl methyl sites for hydroxylation is 1. The van der Waals surface area contributed by atoms with Crippen molar-refractivity contribution >= 4 is 0 Å². The highest BCUT2D eigenvalue weighted by atomic mass is 14.7. The molecule has 0 amide bonds. The summed E-state index contributed by atoms with van der Waals surface area (Å²) < 4.78 is 0. The molecule has 0 N–H and O–H groups in total. The average Bonchev–Trinajstić information content (AvgIpc) is 2.19. The smallest absolute Gasteiger partial charge is 0.0463 e. The highest BCUT2D eigenvalue weighted by Crippen LogP contribution is 2.28. The maximum atomic E-state index is 4.60. The summed E-state index contributed by atoms with van der Waals surface area (Å²) in [5, 5.41) is 0. The van der Waals surface area contributed by atoms with Crippen LogP contribution in [0.3, 0.4) is 0 Å². The third kappa shape index (κ3) is 4.78. The number of nitrogens with zero attached hydrogens (tertiary/aromatic N) is 1. The summed E-state index contributed by atoms with van der Waals surface area (Å²) in [6.07, 6.45) is 1.18. The highest BCUT2D eigenvalue weighted by Gasteiger charge is 2.23. The van der Waals surface area contributed by atoms with Crippen LogP contribution >= 0.6 is 0 Å². The fourth-order valence-electron chi connectivity index (χ4n) is 2.05. The van der Waals surface area contributed by atoms with Gasteiger partial charge in [0.1, 0.15) is 0 Å². The van der Waals surface area contributed by atoms with Crippen LogP contribution in [-0.4, -0.2) is 4.98 Å². The predicted molar refractivity (Wildman–Crippen MR) is 72.8 cm³/mol. The fourth-order valence-corrected chi connectivity index (χ4v) is 2.05. The monoisotopic (exact) mass is 221 g/mol.